The molecule has 114 valence electrons. The van der Waals surface area contributed by atoms with Crippen LogP contribution in [0.3, 0.4) is 0 Å². The maximum absolute atomic E-state index is 12.3. The van der Waals surface area contributed by atoms with E-state index in [4.69, 9.17) is 5.73 Å². The Morgan fingerprint density at radius 2 is 2.24 bits per heavy atom. The molecule has 0 aliphatic carbocycles. The highest BCUT2D eigenvalue weighted by Gasteiger charge is 2.30. The molecule has 3 N–H and O–H groups in total. The largest absolute Gasteiger partial charge is 0.368 e. The lowest BCUT2D eigenvalue weighted by Gasteiger charge is -2.34. The molecule has 1 aliphatic rings. The lowest BCUT2D eigenvalue weighted by Crippen LogP contribution is -2.49. The van der Waals surface area contributed by atoms with Crippen molar-refractivity contribution in [1.82, 2.24) is 9.88 Å². The van der Waals surface area contributed by atoms with Gasteiger partial charge in [-0.2, -0.15) is 0 Å². The fraction of sp³-hybridized carbons (Fsp3) is 0.533. The van der Waals surface area contributed by atoms with E-state index >= 15 is 0 Å². The molecule has 0 spiro atoms. The van der Waals surface area contributed by atoms with Gasteiger partial charge in [0.2, 0.25) is 11.8 Å². The molecule has 21 heavy (non-hydrogen) atoms. The Labute approximate surface area is 124 Å². The van der Waals surface area contributed by atoms with Gasteiger partial charge in [-0.3, -0.25) is 14.5 Å². The van der Waals surface area contributed by atoms with Gasteiger partial charge in [-0.15, -0.1) is 0 Å². The lowest BCUT2D eigenvalue weighted by atomic mass is 9.96. The van der Waals surface area contributed by atoms with Crippen LogP contribution in [-0.2, 0) is 9.59 Å². The molecule has 1 aromatic rings. The van der Waals surface area contributed by atoms with Crippen LogP contribution in [0.5, 0.6) is 0 Å². The third-order valence-corrected chi connectivity index (χ3v) is 3.92. The fourth-order valence-electron chi connectivity index (χ4n) is 2.59. The second-order valence-corrected chi connectivity index (χ2v) is 5.57. The first-order valence-corrected chi connectivity index (χ1v) is 7.25. The van der Waals surface area contributed by atoms with Gasteiger partial charge in [0.15, 0.2) is 0 Å². The van der Waals surface area contributed by atoms with Gasteiger partial charge in [-0.25, -0.2) is 4.98 Å². The normalized spacial score (nSPS) is 20.8. The summed E-state index contributed by atoms with van der Waals surface area (Å²) in [5.74, 6) is 0.0359. The molecule has 2 atom stereocenters. The van der Waals surface area contributed by atoms with Crippen molar-refractivity contribution in [3.8, 4) is 0 Å². The van der Waals surface area contributed by atoms with Crippen LogP contribution in [0.1, 0.15) is 25.5 Å². The van der Waals surface area contributed by atoms with E-state index in [-0.39, 0.29) is 23.8 Å². The summed E-state index contributed by atoms with van der Waals surface area (Å²) in [6, 6.07) is 5.18. The Morgan fingerprint density at radius 1 is 1.48 bits per heavy atom. The third kappa shape index (κ3) is 4.01. The van der Waals surface area contributed by atoms with Gasteiger partial charge in [0.05, 0.1) is 12.0 Å². The Bertz CT molecular complexity index is 532. The lowest BCUT2D eigenvalue weighted by molar-refractivity contribution is -0.127. The highest BCUT2D eigenvalue weighted by molar-refractivity contribution is 5.92. The van der Waals surface area contributed by atoms with Gasteiger partial charge < -0.3 is 11.1 Å². The number of rotatable bonds is 4. The monoisotopic (exact) mass is 290 g/mol. The van der Waals surface area contributed by atoms with Gasteiger partial charge >= 0.3 is 0 Å². The van der Waals surface area contributed by atoms with Crippen molar-refractivity contribution in [3.63, 3.8) is 0 Å². The molecule has 2 amide bonds. The van der Waals surface area contributed by atoms with Crippen molar-refractivity contribution in [1.29, 1.82) is 0 Å². The highest BCUT2D eigenvalue weighted by Crippen LogP contribution is 2.20. The topological polar surface area (TPSA) is 88.3 Å². The second kappa shape index (κ2) is 6.67. The van der Waals surface area contributed by atoms with E-state index in [1.54, 1.807) is 13.0 Å². The van der Waals surface area contributed by atoms with Crippen molar-refractivity contribution in [2.45, 2.75) is 32.7 Å². The molecule has 6 heteroatoms. The smallest absolute Gasteiger partial charge is 0.234 e. The predicted octanol–water partition coefficient (Wildman–Crippen LogP) is 0.914. The number of nitrogens with one attached hydrogen (secondary N) is 1. The number of amides is 2. The molecule has 1 aromatic heterocycles. The summed E-state index contributed by atoms with van der Waals surface area (Å²) in [6.07, 6.45) is 1.70. The number of hydrogen-bond acceptors (Lipinski definition) is 4. The highest BCUT2D eigenvalue weighted by atomic mass is 16.2. The van der Waals surface area contributed by atoms with Crippen molar-refractivity contribution in [3.05, 3.63) is 23.9 Å². The molecule has 0 saturated carbocycles. The molecular weight excluding hydrogens is 268 g/mol. The summed E-state index contributed by atoms with van der Waals surface area (Å²) < 4.78 is 0. The standard InChI is InChI=1S/C15H22N4O2/c1-10-5-3-7-13(17-10)18-15(21)12-6-4-8-19(9-12)11(2)14(16)20/h3,5,7,11-12H,4,6,8-9H2,1-2H3,(H2,16,20)(H,17,18,21)/t11-,12-/m0/s1. The van der Waals surface area contributed by atoms with Crippen LogP contribution < -0.4 is 11.1 Å². The summed E-state index contributed by atoms with van der Waals surface area (Å²) in [5, 5.41) is 2.85. The summed E-state index contributed by atoms with van der Waals surface area (Å²) >= 11 is 0. The third-order valence-electron chi connectivity index (χ3n) is 3.92. The minimum atomic E-state index is -0.351. The Hall–Kier alpha value is -1.95. The number of hydrogen-bond donors (Lipinski definition) is 2. The molecule has 1 fully saturated rings. The summed E-state index contributed by atoms with van der Waals surface area (Å²) in [5.41, 5.74) is 6.20. The number of nitrogens with two attached hydrogens (primary N) is 1. The Kier molecular flexibility index (Phi) is 4.90. The maximum atomic E-state index is 12.3. The number of piperidine rings is 1. The van der Waals surface area contributed by atoms with Gasteiger partial charge in [0, 0.05) is 12.2 Å². The fourth-order valence-corrected chi connectivity index (χ4v) is 2.59. The number of carbonyl (C=O) groups is 2. The number of aromatic nitrogens is 1. The molecule has 2 rings (SSSR count). The van der Waals surface area contributed by atoms with Crippen LogP contribution >= 0.6 is 0 Å². The van der Waals surface area contributed by atoms with Crippen LogP contribution in [0.15, 0.2) is 18.2 Å². The first-order chi connectivity index (χ1) is 9.97. The molecule has 1 aliphatic heterocycles. The van der Waals surface area contributed by atoms with Gasteiger partial charge in [-0.05, 0) is 45.4 Å². The molecule has 0 radical (unpaired) electrons. The van der Waals surface area contributed by atoms with Crippen molar-refractivity contribution >= 4 is 17.6 Å². The van der Waals surface area contributed by atoms with Gasteiger partial charge in [0.1, 0.15) is 5.82 Å². The van der Waals surface area contributed by atoms with Crippen molar-refractivity contribution in [2.24, 2.45) is 11.7 Å². The van der Waals surface area contributed by atoms with E-state index in [9.17, 15) is 9.59 Å². The van der Waals surface area contributed by atoms with E-state index < -0.39 is 0 Å². The molecular formula is C15H22N4O2. The van der Waals surface area contributed by atoms with Crippen molar-refractivity contribution in [2.75, 3.05) is 18.4 Å². The van der Waals surface area contributed by atoms with Crippen LogP contribution in [-0.4, -0.2) is 40.8 Å². The van der Waals surface area contributed by atoms with E-state index in [2.05, 4.69) is 10.3 Å². The zero-order valence-corrected chi connectivity index (χ0v) is 12.5. The summed E-state index contributed by atoms with van der Waals surface area (Å²) in [4.78, 5) is 29.8. The SMILES string of the molecule is Cc1cccc(NC(=O)[C@H]2CCCN([C@@H](C)C(N)=O)C2)n1. The van der Waals surface area contributed by atoms with Crippen LogP contribution in [0, 0.1) is 12.8 Å². The molecule has 1 saturated heterocycles. The first kappa shape index (κ1) is 15.4. The van der Waals surface area contributed by atoms with E-state index in [0.29, 0.717) is 12.4 Å². The zero-order valence-electron chi connectivity index (χ0n) is 12.5. The maximum Gasteiger partial charge on any atom is 0.234 e. The number of pyridine rings is 1. The minimum absolute atomic E-state index is 0.0468. The molecule has 2 heterocycles. The number of likely N-dealkylation sites (tertiary alicyclic amines) is 1. The number of carbonyl (C=O) groups excluding carboxylic acids is 2. The minimum Gasteiger partial charge on any atom is -0.368 e. The van der Waals surface area contributed by atoms with E-state index in [0.717, 1.165) is 25.1 Å². The summed E-state index contributed by atoms with van der Waals surface area (Å²) in [6.45, 7) is 5.02. The van der Waals surface area contributed by atoms with Gasteiger partial charge in [-0.1, -0.05) is 6.07 Å². The van der Waals surface area contributed by atoms with Crippen LogP contribution in [0.4, 0.5) is 5.82 Å². The second-order valence-electron chi connectivity index (χ2n) is 5.57. The van der Waals surface area contributed by atoms with Crippen molar-refractivity contribution < 1.29 is 9.59 Å². The average Bonchev–Trinajstić information content (AvgIpc) is 2.46. The number of aryl methyl sites for hydroxylation is 1. The number of primary amides is 1. The number of nitrogens with zero attached hydrogens (tertiary/aromatic N) is 2. The Morgan fingerprint density at radius 3 is 2.90 bits per heavy atom. The van der Waals surface area contributed by atoms with Crippen LogP contribution in [0.25, 0.3) is 0 Å². The molecule has 0 aromatic carbocycles. The molecule has 0 unspecified atom stereocenters. The number of anilines is 1. The zero-order chi connectivity index (χ0) is 15.4. The quantitative estimate of drug-likeness (QED) is 0.863. The molecule has 6 nitrogen and oxygen atoms in total. The average molecular weight is 290 g/mol. The van der Waals surface area contributed by atoms with Gasteiger partial charge in [0.25, 0.3) is 0 Å². The first-order valence-electron chi connectivity index (χ1n) is 7.25. The molecule has 0 bridgehead atoms. The predicted molar refractivity (Wildman–Crippen MR) is 80.6 cm³/mol. The Balaban J connectivity index is 1.97. The van der Waals surface area contributed by atoms with E-state index in [1.165, 1.54) is 0 Å². The van der Waals surface area contributed by atoms with E-state index in [1.807, 2.05) is 24.0 Å². The summed E-state index contributed by atoms with van der Waals surface area (Å²) in [7, 11) is 0. The van der Waals surface area contributed by atoms with Crippen LogP contribution in [0.2, 0.25) is 0 Å².